The van der Waals surface area contributed by atoms with E-state index < -0.39 is 0 Å². The first kappa shape index (κ1) is 12.2. The van der Waals surface area contributed by atoms with Crippen LogP contribution in [0, 0.1) is 0 Å². The lowest BCUT2D eigenvalue weighted by atomic mass is 10.0. The number of aromatic amines is 1. The number of pyridine rings is 1. The van der Waals surface area contributed by atoms with E-state index in [0.717, 1.165) is 13.0 Å². The van der Waals surface area contributed by atoms with Crippen LogP contribution in [0.25, 0.3) is 0 Å². The molecule has 4 nitrogen and oxygen atoms in total. The van der Waals surface area contributed by atoms with Gasteiger partial charge in [0, 0.05) is 23.7 Å². The Morgan fingerprint density at radius 3 is 3.00 bits per heavy atom. The van der Waals surface area contributed by atoms with Crippen molar-refractivity contribution in [2.45, 2.75) is 19.4 Å². The van der Waals surface area contributed by atoms with Gasteiger partial charge in [0.05, 0.1) is 11.6 Å². The second-order valence-electron chi connectivity index (χ2n) is 4.67. The van der Waals surface area contributed by atoms with Crippen LogP contribution in [0.15, 0.2) is 34.6 Å². The fourth-order valence-corrected chi connectivity index (χ4v) is 3.46. The molecule has 1 N–H and O–H groups in total. The Morgan fingerprint density at radius 2 is 2.26 bits per heavy atom. The highest BCUT2D eigenvalue weighted by molar-refractivity contribution is 7.10. The standard InChI is InChI=1S/C14H14N2O2S/c1-9-11-5-7-19-12(11)4-6-16(9)14(18)10-2-3-13(17)15-8-10/h2-3,5,7-9H,4,6H2,1H3,(H,15,17). The molecule has 1 aliphatic rings. The molecular formula is C14H14N2O2S. The minimum atomic E-state index is -0.191. The van der Waals surface area contributed by atoms with Gasteiger partial charge in [-0.15, -0.1) is 11.3 Å². The summed E-state index contributed by atoms with van der Waals surface area (Å²) in [5.41, 5.74) is 1.59. The Bertz CT molecular complexity index is 654. The third kappa shape index (κ3) is 2.10. The summed E-state index contributed by atoms with van der Waals surface area (Å²) in [6.45, 7) is 2.78. The molecule has 3 rings (SSSR count). The van der Waals surface area contributed by atoms with Crippen LogP contribution in [0.4, 0.5) is 0 Å². The number of H-pyrrole nitrogens is 1. The Labute approximate surface area is 114 Å². The van der Waals surface area contributed by atoms with Gasteiger partial charge in [-0.25, -0.2) is 0 Å². The summed E-state index contributed by atoms with van der Waals surface area (Å²) >= 11 is 1.76. The number of thiophene rings is 1. The fourth-order valence-electron chi connectivity index (χ4n) is 2.50. The van der Waals surface area contributed by atoms with E-state index in [1.165, 1.54) is 22.7 Å². The Hall–Kier alpha value is -1.88. The lowest BCUT2D eigenvalue weighted by Crippen LogP contribution is -2.38. The van der Waals surface area contributed by atoms with Gasteiger partial charge < -0.3 is 9.88 Å². The maximum absolute atomic E-state index is 12.5. The van der Waals surface area contributed by atoms with Crippen LogP contribution in [0.1, 0.15) is 33.8 Å². The van der Waals surface area contributed by atoms with E-state index in [1.807, 2.05) is 11.8 Å². The summed E-state index contributed by atoms with van der Waals surface area (Å²) in [4.78, 5) is 29.3. The van der Waals surface area contributed by atoms with Crippen LogP contribution in [-0.2, 0) is 6.42 Å². The normalized spacial score (nSPS) is 18.2. The zero-order valence-electron chi connectivity index (χ0n) is 10.6. The molecule has 1 atom stereocenters. The van der Waals surface area contributed by atoms with Crippen molar-refractivity contribution >= 4 is 17.2 Å². The molecule has 0 fully saturated rings. The number of nitrogens with one attached hydrogen (secondary N) is 1. The average Bonchev–Trinajstić information content (AvgIpc) is 2.88. The maximum Gasteiger partial charge on any atom is 0.255 e. The number of nitrogens with zero attached hydrogens (tertiary/aromatic N) is 1. The number of aromatic nitrogens is 1. The van der Waals surface area contributed by atoms with E-state index in [2.05, 4.69) is 16.4 Å². The molecule has 1 unspecified atom stereocenters. The van der Waals surface area contributed by atoms with Crippen LogP contribution in [0.2, 0.25) is 0 Å². The second kappa shape index (κ2) is 4.66. The Morgan fingerprint density at radius 1 is 1.42 bits per heavy atom. The summed E-state index contributed by atoms with van der Waals surface area (Å²) in [6.07, 6.45) is 2.40. The van der Waals surface area contributed by atoms with Gasteiger partial charge in [0.25, 0.3) is 5.91 Å². The molecule has 0 bridgehead atoms. The van der Waals surface area contributed by atoms with Gasteiger partial charge in [-0.05, 0) is 36.4 Å². The van der Waals surface area contributed by atoms with Crippen molar-refractivity contribution in [3.8, 4) is 0 Å². The largest absolute Gasteiger partial charge is 0.331 e. The zero-order chi connectivity index (χ0) is 13.4. The summed E-state index contributed by atoms with van der Waals surface area (Å²) < 4.78 is 0. The topological polar surface area (TPSA) is 53.2 Å². The number of carbonyl (C=O) groups excluding carboxylic acids is 1. The zero-order valence-corrected chi connectivity index (χ0v) is 11.4. The molecule has 0 aromatic carbocycles. The van der Waals surface area contributed by atoms with Crippen LogP contribution in [0.3, 0.4) is 0 Å². The van der Waals surface area contributed by atoms with Crippen molar-refractivity contribution in [2.24, 2.45) is 0 Å². The third-order valence-corrected chi connectivity index (χ3v) is 4.57. The SMILES string of the molecule is CC1c2ccsc2CCN1C(=O)c1ccc(=O)[nH]c1. The van der Waals surface area contributed by atoms with E-state index in [4.69, 9.17) is 0 Å². The highest BCUT2D eigenvalue weighted by Gasteiger charge is 2.28. The van der Waals surface area contributed by atoms with Crippen LogP contribution < -0.4 is 5.56 Å². The van der Waals surface area contributed by atoms with Crippen molar-refractivity contribution in [1.82, 2.24) is 9.88 Å². The Kier molecular flexibility index (Phi) is 2.98. The van der Waals surface area contributed by atoms with Gasteiger partial charge in [0.1, 0.15) is 0 Å². The molecule has 98 valence electrons. The summed E-state index contributed by atoms with van der Waals surface area (Å²) in [7, 11) is 0. The molecular weight excluding hydrogens is 260 g/mol. The molecule has 5 heteroatoms. The predicted molar refractivity (Wildman–Crippen MR) is 74.5 cm³/mol. The summed E-state index contributed by atoms with van der Waals surface area (Å²) in [5.74, 6) is -0.0272. The van der Waals surface area contributed by atoms with Gasteiger partial charge in [-0.3, -0.25) is 9.59 Å². The fraction of sp³-hybridized carbons (Fsp3) is 0.286. The number of rotatable bonds is 1. The van der Waals surface area contributed by atoms with Gasteiger partial charge in [0.15, 0.2) is 0 Å². The van der Waals surface area contributed by atoms with Crippen LogP contribution in [-0.4, -0.2) is 22.3 Å². The van der Waals surface area contributed by atoms with Gasteiger partial charge in [-0.1, -0.05) is 0 Å². The number of hydrogen-bond acceptors (Lipinski definition) is 3. The first-order valence-corrected chi connectivity index (χ1v) is 7.11. The lowest BCUT2D eigenvalue weighted by Gasteiger charge is -2.33. The van der Waals surface area contributed by atoms with E-state index >= 15 is 0 Å². The first-order valence-electron chi connectivity index (χ1n) is 6.23. The predicted octanol–water partition coefficient (Wildman–Crippen LogP) is 2.20. The minimum Gasteiger partial charge on any atom is -0.331 e. The lowest BCUT2D eigenvalue weighted by molar-refractivity contribution is 0.0679. The molecule has 0 radical (unpaired) electrons. The molecule has 0 saturated carbocycles. The molecule has 3 heterocycles. The van der Waals surface area contributed by atoms with Crippen molar-refractivity contribution in [3.63, 3.8) is 0 Å². The van der Waals surface area contributed by atoms with Gasteiger partial charge in [-0.2, -0.15) is 0 Å². The summed E-state index contributed by atoms with van der Waals surface area (Å²) in [6, 6.07) is 5.15. The first-order chi connectivity index (χ1) is 9.16. The minimum absolute atomic E-state index is 0.0272. The van der Waals surface area contributed by atoms with Gasteiger partial charge in [0.2, 0.25) is 5.56 Å². The van der Waals surface area contributed by atoms with E-state index in [9.17, 15) is 9.59 Å². The molecule has 2 aromatic heterocycles. The highest BCUT2D eigenvalue weighted by atomic mass is 32.1. The smallest absolute Gasteiger partial charge is 0.255 e. The third-order valence-electron chi connectivity index (χ3n) is 3.57. The molecule has 19 heavy (non-hydrogen) atoms. The van der Waals surface area contributed by atoms with E-state index in [-0.39, 0.29) is 17.5 Å². The van der Waals surface area contributed by atoms with Crippen LogP contribution in [0.5, 0.6) is 0 Å². The molecule has 2 aromatic rings. The van der Waals surface area contributed by atoms with Crippen molar-refractivity contribution in [1.29, 1.82) is 0 Å². The number of amides is 1. The monoisotopic (exact) mass is 274 g/mol. The van der Waals surface area contributed by atoms with E-state index in [0.29, 0.717) is 5.56 Å². The number of hydrogen-bond donors (Lipinski definition) is 1. The van der Waals surface area contributed by atoms with Crippen LogP contribution >= 0.6 is 11.3 Å². The molecule has 1 aliphatic heterocycles. The molecule has 0 saturated heterocycles. The van der Waals surface area contributed by atoms with Crippen molar-refractivity contribution in [3.05, 3.63) is 56.1 Å². The highest BCUT2D eigenvalue weighted by Crippen LogP contribution is 2.33. The quantitative estimate of drug-likeness (QED) is 0.866. The van der Waals surface area contributed by atoms with E-state index in [1.54, 1.807) is 17.4 Å². The maximum atomic E-state index is 12.5. The number of fused-ring (bicyclic) bond motifs is 1. The van der Waals surface area contributed by atoms with Crippen molar-refractivity contribution in [2.75, 3.05) is 6.54 Å². The molecule has 0 spiro atoms. The summed E-state index contributed by atoms with van der Waals surface area (Å²) in [5, 5.41) is 2.08. The molecule has 0 aliphatic carbocycles. The average molecular weight is 274 g/mol. The van der Waals surface area contributed by atoms with Gasteiger partial charge >= 0.3 is 0 Å². The van der Waals surface area contributed by atoms with Crippen molar-refractivity contribution < 1.29 is 4.79 Å². The molecule has 1 amide bonds. The Balaban J connectivity index is 1.89. The second-order valence-corrected chi connectivity index (χ2v) is 5.67. The number of carbonyl (C=O) groups is 1.